The lowest BCUT2D eigenvalue weighted by Crippen LogP contribution is -2.59. The molecule has 0 radical (unpaired) electrons. The van der Waals surface area contributed by atoms with Gasteiger partial charge in [-0.3, -0.25) is 0 Å². The average molecular weight is 523 g/mol. The first-order valence-electron chi connectivity index (χ1n) is 9.79. The summed E-state index contributed by atoms with van der Waals surface area (Å²) in [6.45, 7) is 5.77. The Labute approximate surface area is 189 Å². The molecule has 0 atom stereocenters. The zero-order valence-electron chi connectivity index (χ0n) is 16.4. The second-order valence-electron chi connectivity index (χ2n) is 8.22. The Morgan fingerprint density at radius 1 is 0.690 bits per heavy atom. The molecule has 0 aromatic heterocycles. The van der Waals surface area contributed by atoms with E-state index in [0.717, 1.165) is 15.5 Å². The number of benzene rings is 4. The standard InChI is InChI=1S/C25H21Br2NSi/c1-29(2)24-14-20(26)9-11-22(24)28(23-12-10-21(27)15-25(23)29)16-17-7-8-18-5-3-4-6-19(18)13-17/h3-15H,16H2,1-2H3. The van der Waals surface area contributed by atoms with Crippen molar-refractivity contribution in [2.75, 3.05) is 4.90 Å². The van der Waals surface area contributed by atoms with Gasteiger partial charge >= 0.3 is 0 Å². The Hall–Kier alpha value is -1.88. The highest BCUT2D eigenvalue weighted by Crippen LogP contribution is 2.35. The van der Waals surface area contributed by atoms with E-state index in [9.17, 15) is 0 Å². The third kappa shape index (κ3) is 3.27. The van der Waals surface area contributed by atoms with Crippen LogP contribution in [0.5, 0.6) is 0 Å². The van der Waals surface area contributed by atoms with Gasteiger partial charge in [-0.2, -0.15) is 0 Å². The third-order valence-electron chi connectivity index (χ3n) is 6.00. The Kier molecular flexibility index (Phi) is 4.69. The molecule has 0 aliphatic carbocycles. The molecule has 0 spiro atoms. The van der Waals surface area contributed by atoms with E-state index in [-0.39, 0.29) is 0 Å². The fraction of sp³-hybridized carbons (Fsp3) is 0.120. The molecule has 0 fully saturated rings. The van der Waals surface area contributed by atoms with Crippen LogP contribution in [0.4, 0.5) is 11.4 Å². The molecule has 4 aromatic rings. The van der Waals surface area contributed by atoms with Crippen LogP contribution in [0.25, 0.3) is 10.8 Å². The summed E-state index contributed by atoms with van der Waals surface area (Å²) < 4.78 is 2.31. The van der Waals surface area contributed by atoms with Gasteiger partial charge < -0.3 is 4.90 Å². The molecule has 0 bridgehead atoms. The number of hydrogen-bond acceptors (Lipinski definition) is 1. The van der Waals surface area contributed by atoms with E-state index >= 15 is 0 Å². The third-order valence-corrected chi connectivity index (χ3v) is 10.5. The molecule has 4 aromatic carbocycles. The summed E-state index contributed by atoms with van der Waals surface area (Å²) in [6, 6.07) is 29.0. The fourth-order valence-electron chi connectivity index (χ4n) is 4.45. The maximum absolute atomic E-state index is 3.70. The minimum atomic E-state index is -1.80. The molecule has 1 nitrogen and oxygen atoms in total. The van der Waals surface area contributed by atoms with Gasteiger partial charge in [0.2, 0.25) is 0 Å². The number of anilines is 2. The Bertz CT molecular complexity index is 1190. The maximum atomic E-state index is 3.70. The molecular weight excluding hydrogens is 502 g/mol. The zero-order valence-corrected chi connectivity index (χ0v) is 20.6. The lowest BCUT2D eigenvalue weighted by molar-refractivity contribution is 0.979. The average Bonchev–Trinajstić information content (AvgIpc) is 2.71. The molecule has 4 heteroatoms. The van der Waals surface area contributed by atoms with Crippen molar-refractivity contribution in [3.05, 3.63) is 93.4 Å². The van der Waals surface area contributed by atoms with Gasteiger partial charge in [0.05, 0.1) is 0 Å². The van der Waals surface area contributed by atoms with Gasteiger partial charge in [0, 0.05) is 26.9 Å². The molecule has 0 amide bonds. The van der Waals surface area contributed by atoms with Gasteiger partial charge in [-0.15, -0.1) is 0 Å². The van der Waals surface area contributed by atoms with E-state index in [4.69, 9.17) is 0 Å². The van der Waals surface area contributed by atoms with Crippen molar-refractivity contribution in [1.29, 1.82) is 0 Å². The second kappa shape index (κ2) is 7.12. The summed E-state index contributed by atoms with van der Waals surface area (Å²) in [4.78, 5) is 2.49. The zero-order chi connectivity index (χ0) is 20.2. The molecule has 0 saturated heterocycles. The van der Waals surface area contributed by atoms with Gasteiger partial charge in [0.15, 0.2) is 0 Å². The predicted octanol–water partition coefficient (Wildman–Crippen LogP) is 6.84. The summed E-state index contributed by atoms with van der Waals surface area (Å²) >= 11 is 7.41. The van der Waals surface area contributed by atoms with Crippen molar-refractivity contribution in [2.45, 2.75) is 19.6 Å². The van der Waals surface area contributed by atoms with Crippen LogP contribution < -0.4 is 15.3 Å². The first-order chi connectivity index (χ1) is 13.9. The summed E-state index contributed by atoms with van der Waals surface area (Å²) in [5.74, 6) is 0. The highest BCUT2D eigenvalue weighted by molar-refractivity contribution is 9.10. The van der Waals surface area contributed by atoms with E-state index in [2.05, 4.69) is 129 Å². The molecule has 1 aliphatic rings. The molecule has 1 heterocycles. The van der Waals surface area contributed by atoms with Crippen LogP contribution in [-0.4, -0.2) is 8.07 Å². The number of hydrogen-bond donors (Lipinski definition) is 0. The fourth-order valence-corrected chi connectivity index (χ4v) is 8.64. The van der Waals surface area contributed by atoms with Crippen LogP contribution in [0.3, 0.4) is 0 Å². The molecule has 29 heavy (non-hydrogen) atoms. The van der Waals surface area contributed by atoms with Gasteiger partial charge in [-0.25, -0.2) is 0 Å². The normalized spacial score (nSPS) is 14.6. The number of rotatable bonds is 2. The largest absolute Gasteiger partial charge is 0.337 e. The second-order valence-corrected chi connectivity index (χ2v) is 14.4. The van der Waals surface area contributed by atoms with Gasteiger partial charge in [0.25, 0.3) is 0 Å². The summed E-state index contributed by atoms with van der Waals surface area (Å²) in [5, 5.41) is 5.55. The number of fused-ring (bicyclic) bond motifs is 3. The Morgan fingerprint density at radius 3 is 1.90 bits per heavy atom. The molecule has 5 rings (SSSR count). The number of nitrogens with zero attached hydrogens (tertiary/aromatic N) is 1. The Morgan fingerprint density at radius 2 is 1.28 bits per heavy atom. The van der Waals surface area contributed by atoms with Crippen molar-refractivity contribution in [1.82, 2.24) is 0 Å². The first kappa shape index (κ1) is 19.1. The monoisotopic (exact) mass is 521 g/mol. The quantitative estimate of drug-likeness (QED) is 0.260. The first-order valence-corrected chi connectivity index (χ1v) is 14.4. The molecule has 0 N–H and O–H groups in total. The highest BCUT2D eigenvalue weighted by Gasteiger charge is 2.38. The molecule has 0 unspecified atom stereocenters. The molecule has 0 saturated carbocycles. The number of halogens is 2. The van der Waals surface area contributed by atoms with Gasteiger partial charge in [0.1, 0.15) is 8.07 Å². The van der Waals surface area contributed by atoms with Crippen LogP contribution >= 0.6 is 31.9 Å². The maximum Gasteiger partial charge on any atom is 0.117 e. The topological polar surface area (TPSA) is 3.24 Å². The predicted molar refractivity (Wildman–Crippen MR) is 135 cm³/mol. The van der Waals surface area contributed by atoms with Crippen LogP contribution in [0.2, 0.25) is 13.1 Å². The van der Waals surface area contributed by atoms with Crippen molar-refractivity contribution in [3.8, 4) is 0 Å². The van der Waals surface area contributed by atoms with Crippen molar-refractivity contribution in [3.63, 3.8) is 0 Å². The molecule has 144 valence electrons. The SMILES string of the molecule is C[Si]1(C)c2cc(Br)ccc2N(Cc2ccc3ccccc3c2)c2ccc(Br)cc21. The molecular formula is C25H21Br2NSi. The summed E-state index contributed by atoms with van der Waals surface area (Å²) in [5.41, 5.74) is 4.01. The summed E-state index contributed by atoms with van der Waals surface area (Å²) in [6.07, 6.45) is 0. The molecule has 1 aliphatic heterocycles. The Balaban J connectivity index is 1.68. The smallest absolute Gasteiger partial charge is 0.117 e. The van der Waals surface area contributed by atoms with E-state index < -0.39 is 8.07 Å². The van der Waals surface area contributed by atoms with Gasteiger partial charge in [-0.05, 0) is 69.2 Å². The van der Waals surface area contributed by atoms with Crippen molar-refractivity contribution < 1.29 is 0 Å². The minimum absolute atomic E-state index is 0.860. The minimum Gasteiger partial charge on any atom is -0.337 e. The van der Waals surface area contributed by atoms with E-state index in [1.54, 1.807) is 0 Å². The summed E-state index contributed by atoms with van der Waals surface area (Å²) in [7, 11) is -1.80. The van der Waals surface area contributed by atoms with Crippen molar-refractivity contribution >= 4 is 72.5 Å². The highest BCUT2D eigenvalue weighted by atomic mass is 79.9. The van der Waals surface area contributed by atoms with E-state index in [1.165, 1.54) is 38.1 Å². The lowest BCUT2D eigenvalue weighted by atomic mass is 10.1. The van der Waals surface area contributed by atoms with Gasteiger partial charge in [-0.1, -0.05) is 81.4 Å². The lowest BCUT2D eigenvalue weighted by Gasteiger charge is -2.41. The van der Waals surface area contributed by atoms with Crippen LogP contribution in [0.1, 0.15) is 5.56 Å². The van der Waals surface area contributed by atoms with E-state index in [1.807, 2.05) is 0 Å². The van der Waals surface area contributed by atoms with Crippen molar-refractivity contribution in [2.24, 2.45) is 0 Å². The van der Waals surface area contributed by atoms with Crippen LogP contribution in [0, 0.1) is 0 Å². The van der Waals surface area contributed by atoms with Crippen LogP contribution in [0.15, 0.2) is 87.8 Å². The van der Waals surface area contributed by atoms with E-state index in [0.29, 0.717) is 0 Å². The van der Waals surface area contributed by atoms with Crippen LogP contribution in [-0.2, 0) is 6.54 Å².